The van der Waals surface area contributed by atoms with Crippen LogP contribution < -0.4 is 11.1 Å². The average Bonchev–Trinajstić information content (AvgIpc) is 3.19. The summed E-state index contributed by atoms with van der Waals surface area (Å²) in [7, 11) is 0. The standard InChI is InChI=1S/C31H46N4O3/c1-20-26(21(2)35(34-20)30(37)38-31(3,4)5)24-16-18-25(19-17-24)33-29(36)28(32)27(22-12-8-6-9-13-22)23-14-10-7-11-15-23/h16-19,22-23,27-28H,6-15,32H2,1-5H3,(H,33,36)/t28-/m0/s1. The van der Waals surface area contributed by atoms with Crippen molar-refractivity contribution in [2.75, 3.05) is 5.32 Å². The molecule has 0 radical (unpaired) electrons. The van der Waals surface area contributed by atoms with Crippen molar-refractivity contribution < 1.29 is 14.3 Å². The molecule has 1 amide bonds. The molecule has 0 spiro atoms. The minimum atomic E-state index is -0.600. The second kappa shape index (κ2) is 12.0. The lowest BCUT2D eigenvalue weighted by Gasteiger charge is -2.40. The number of aromatic nitrogens is 2. The Bertz CT molecular complexity index is 1090. The molecule has 1 aromatic carbocycles. The van der Waals surface area contributed by atoms with Crippen molar-refractivity contribution in [2.45, 2.75) is 110 Å². The van der Waals surface area contributed by atoms with Gasteiger partial charge >= 0.3 is 6.09 Å². The van der Waals surface area contributed by atoms with Crippen LogP contribution in [0.2, 0.25) is 0 Å². The molecule has 2 saturated carbocycles. The maximum Gasteiger partial charge on any atom is 0.435 e. The van der Waals surface area contributed by atoms with Crippen molar-refractivity contribution in [3.05, 3.63) is 35.7 Å². The molecular weight excluding hydrogens is 476 g/mol. The molecule has 7 nitrogen and oxygen atoms in total. The van der Waals surface area contributed by atoms with Crippen molar-refractivity contribution >= 4 is 17.7 Å². The number of ether oxygens (including phenoxy) is 1. The van der Waals surface area contributed by atoms with Gasteiger partial charge in [-0.2, -0.15) is 9.78 Å². The molecule has 208 valence electrons. The van der Waals surface area contributed by atoms with Gasteiger partial charge in [-0.25, -0.2) is 4.79 Å². The third-order valence-corrected chi connectivity index (χ3v) is 8.40. The van der Waals surface area contributed by atoms with E-state index in [-0.39, 0.29) is 11.8 Å². The lowest BCUT2D eigenvalue weighted by molar-refractivity contribution is -0.120. The van der Waals surface area contributed by atoms with Crippen molar-refractivity contribution in [3.8, 4) is 11.1 Å². The molecule has 2 aliphatic carbocycles. The van der Waals surface area contributed by atoms with Crippen LogP contribution in [0.4, 0.5) is 10.5 Å². The molecule has 3 N–H and O–H groups in total. The van der Waals surface area contributed by atoms with Crippen LogP contribution in [-0.4, -0.2) is 33.4 Å². The van der Waals surface area contributed by atoms with Crippen LogP contribution in [0.5, 0.6) is 0 Å². The number of benzene rings is 1. The molecule has 38 heavy (non-hydrogen) atoms. The Morgan fingerprint density at radius 1 is 0.947 bits per heavy atom. The normalized spacial score (nSPS) is 18.4. The van der Waals surface area contributed by atoms with Gasteiger partial charge < -0.3 is 15.8 Å². The van der Waals surface area contributed by atoms with Gasteiger partial charge in [0.1, 0.15) is 5.60 Å². The summed E-state index contributed by atoms with van der Waals surface area (Å²) in [6, 6.07) is 7.23. The Kier molecular flexibility index (Phi) is 8.96. The Morgan fingerprint density at radius 3 is 1.97 bits per heavy atom. The highest BCUT2D eigenvalue weighted by atomic mass is 16.6. The van der Waals surface area contributed by atoms with Gasteiger partial charge in [-0.05, 0) is 70.1 Å². The van der Waals surface area contributed by atoms with Crippen LogP contribution in [0.1, 0.15) is 96.4 Å². The van der Waals surface area contributed by atoms with Crippen LogP contribution in [0.15, 0.2) is 24.3 Å². The summed E-state index contributed by atoms with van der Waals surface area (Å²) in [6.07, 6.45) is 11.9. The third kappa shape index (κ3) is 6.66. The number of nitrogens with zero attached hydrogens (tertiary/aromatic N) is 2. The van der Waals surface area contributed by atoms with E-state index in [9.17, 15) is 9.59 Å². The molecule has 0 bridgehead atoms. The number of rotatable bonds is 6. The van der Waals surface area contributed by atoms with Crippen LogP contribution in [0, 0.1) is 31.6 Å². The minimum Gasteiger partial charge on any atom is -0.442 e. The van der Waals surface area contributed by atoms with Gasteiger partial charge in [0, 0.05) is 11.3 Å². The van der Waals surface area contributed by atoms with Gasteiger partial charge in [0.25, 0.3) is 0 Å². The lowest BCUT2D eigenvalue weighted by Crippen LogP contribution is -2.48. The number of aryl methyl sites for hydroxylation is 1. The molecule has 7 heteroatoms. The van der Waals surface area contributed by atoms with Gasteiger partial charge in [0.2, 0.25) is 5.91 Å². The Hall–Kier alpha value is -2.67. The van der Waals surface area contributed by atoms with E-state index in [0.717, 1.165) is 28.2 Å². The molecule has 1 atom stereocenters. The first-order valence-electron chi connectivity index (χ1n) is 14.5. The molecule has 1 aromatic heterocycles. The van der Waals surface area contributed by atoms with Crippen molar-refractivity contribution in [1.29, 1.82) is 0 Å². The number of carbonyl (C=O) groups excluding carboxylic acids is 2. The lowest BCUT2D eigenvalue weighted by atomic mass is 9.66. The number of nitrogens with one attached hydrogen (secondary N) is 1. The van der Waals surface area contributed by atoms with Crippen molar-refractivity contribution in [3.63, 3.8) is 0 Å². The van der Waals surface area contributed by atoms with Gasteiger partial charge in [-0.1, -0.05) is 76.3 Å². The van der Waals surface area contributed by atoms with Gasteiger partial charge in [-0.15, -0.1) is 0 Å². The zero-order chi connectivity index (χ0) is 27.4. The van der Waals surface area contributed by atoms with E-state index in [4.69, 9.17) is 10.5 Å². The van der Waals surface area contributed by atoms with E-state index in [1.807, 2.05) is 58.9 Å². The molecule has 1 heterocycles. The van der Waals surface area contributed by atoms with E-state index in [0.29, 0.717) is 11.8 Å². The first-order valence-corrected chi connectivity index (χ1v) is 14.5. The average molecular weight is 523 g/mol. The van der Waals surface area contributed by atoms with Crippen molar-refractivity contribution in [2.24, 2.45) is 23.5 Å². The second-order valence-electron chi connectivity index (χ2n) is 12.4. The van der Waals surface area contributed by atoms with Gasteiger partial charge in [-0.3, -0.25) is 4.79 Å². The summed E-state index contributed by atoms with van der Waals surface area (Å²) in [4.78, 5) is 26.0. The van der Waals surface area contributed by atoms with Crippen LogP contribution in [0.25, 0.3) is 11.1 Å². The van der Waals surface area contributed by atoms with Crippen molar-refractivity contribution in [1.82, 2.24) is 9.78 Å². The predicted molar refractivity (Wildman–Crippen MR) is 152 cm³/mol. The molecule has 2 aliphatic rings. The van der Waals surface area contributed by atoms with E-state index in [1.165, 1.54) is 68.9 Å². The highest BCUT2D eigenvalue weighted by Crippen LogP contribution is 2.41. The zero-order valence-electron chi connectivity index (χ0n) is 23.9. The molecule has 2 aromatic rings. The Labute approximate surface area is 227 Å². The maximum absolute atomic E-state index is 13.4. The Balaban J connectivity index is 1.47. The fraction of sp³-hybridized carbons (Fsp3) is 0.645. The maximum atomic E-state index is 13.4. The minimum absolute atomic E-state index is 0.0796. The zero-order valence-corrected chi connectivity index (χ0v) is 23.9. The summed E-state index contributed by atoms with van der Waals surface area (Å²) >= 11 is 0. The van der Waals surface area contributed by atoms with Crippen LogP contribution in [0.3, 0.4) is 0 Å². The molecule has 2 fully saturated rings. The number of anilines is 1. The monoisotopic (exact) mass is 522 g/mol. The first kappa shape index (κ1) is 28.3. The van der Waals surface area contributed by atoms with Crippen LogP contribution >= 0.6 is 0 Å². The quantitative estimate of drug-likeness (QED) is 0.426. The predicted octanol–water partition coefficient (Wildman–Crippen LogP) is 6.99. The summed E-state index contributed by atoms with van der Waals surface area (Å²) in [5.74, 6) is 1.30. The fourth-order valence-electron chi connectivity index (χ4n) is 6.67. The largest absolute Gasteiger partial charge is 0.442 e. The molecule has 4 rings (SSSR count). The molecule has 0 saturated heterocycles. The number of amides is 1. The SMILES string of the molecule is Cc1nn(C(=O)OC(C)(C)C)c(C)c1-c1ccc(NC(=O)[C@@H](N)C(C2CCCCC2)C2CCCCC2)cc1. The first-order chi connectivity index (χ1) is 18.0. The fourth-order valence-corrected chi connectivity index (χ4v) is 6.67. The Morgan fingerprint density at radius 2 is 1.47 bits per heavy atom. The summed E-state index contributed by atoms with van der Waals surface area (Å²) in [5.41, 5.74) is 10.2. The summed E-state index contributed by atoms with van der Waals surface area (Å²) in [5, 5.41) is 7.53. The van der Waals surface area contributed by atoms with E-state index in [2.05, 4.69) is 10.4 Å². The second-order valence-corrected chi connectivity index (χ2v) is 12.4. The third-order valence-electron chi connectivity index (χ3n) is 8.40. The van der Waals surface area contributed by atoms with Crippen LogP contribution in [-0.2, 0) is 9.53 Å². The highest BCUT2D eigenvalue weighted by molar-refractivity contribution is 5.95. The number of carbonyl (C=O) groups is 2. The summed E-state index contributed by atoms with van der Waals surface area (Å²) < 4.78 is 6.82. The van der Waals surface area contributed by atoms with Gasteiger partial charge in [0.05, 0.1) is 17.4 Å². The molecular formula is C31H46N4O3. The topological polar surface area (TPSA) is 99.2 Å². The number of hydrogen-bond acceptors (Lipinski definition) is 5. The van der Waals surface area contributed by atoms with E-state index < -0.39 is 17.7 Å². The summed E-state index contributed by atoms with van der Waals surface area (Å²) in [6.45, 7) is 9.26. The molecule has 0 unspecified atom stereocenters. The molecule has 0 aliphatic heterocycles. The number of hydrogen-bond donors (Lipinski definition) is 2. The smallest absolute Gasteiger partial charge is 0.435 e. The number of nitrogens with two attached hydrogens (primary N) is 1. The van der Waals surface area contributed by atoms with E-state index >= 15 is 0 Å². The highest BCUT2D eigenvalue weighted by Gasteiger charge is 2.38. The van der Waals surface area contributed by atoms with E-state index in [1.54, 1.807) is 0 Å². The van der Waals surface area contributed by atoms with Gasteiger partial charge in [0.15, 0.2) is 0 Å².